The number of benzene rings is 1. The molecule has 3 aromatic heterocycles. The van der Waals surface area contributed by atoms with Crippen molar-refractivity contribution in [2.24, 2.45) is 0 Å². The summed E-state index contributed by atoms with van der Waals surface area (Å²) in [6, 6.07) is 10.6. The number of nitrogens with one attached hydrogen (secondary N) is 2. The lowest BCUT2D eigenvalue weighted by Gasteiger charge is -2.18. The zero-order valence-corrected chi connectivity index (χ0v) is 15.2. The van der Waals surface area contributed by atoms with E-state index in [1.54, 1.807) is 6.20 Å². The minimum absolute atomic E-state index is 0.269. The Labute approximate surface area is 152 Å². The van der Waals surface area contributed by atoms with Crippen molar-refractivity contribution in [2.75, 3.05) is 26.0 Å². The number of nitrogens with zero attached hydrogens (tertiary/aromatic N) is 4. The number of hydrogen-bond donors (Lipinski definition) is 2. The van der Waals surface area contributed by atoms with Gasteiger partial charge in [-0.3, -0.25) is 0 Å². The summed E-state index contributed by atoms with van der Waals surface area (Å²) in [7, 11) is 4.11. The number of likely N-dealkylation sites (N-methyl/N-ethyl adjacent to an activating group) is 1. The molecule has 0 aliphatic carbocycles. The fraction of sp³-hybridized carbons (Fsp3) is 0.250. The Morgan fingerprint density at radius 1 is 1.19 bits per heavy atom. The van der Waals surface area contributed by atoms with Crippen LogP contribution in [-0.2, 0) is 0 Å². The van der Waals surface area contributed by atoms with Gasteiger partial charge in [-0.05, 0) is 44.8 Å². The number of H-pyrrole nitrogens is 1. The molecule has 132 valence electrons. The first kappa shape index (κ1) is 16.5. The second-order valence-electron chi connectivity index (χ2n) is 6.88. The Hall–Kier alpha value is -2.99. The van der Waals surface area contributed by atoms with Gasteiger partial charge in [0, 0.05) is 47.5 Å². The molecule has 0 spiro atoms. The predicted molar refractivity (Wildman–Crippen MR) is 106 cm³/mol. The molecule has 1 atom stereocenters. The van der Waals surface area contributed by atoms with E-state index >= 15 is 0 Å². The average molecular weight is 346 g/mol. The zero-order chi connectivity index (χ0) is 18.1. The number of aromatic amines is 1. The van der Waals surface area contributed by atoms with Crippen LogP contribution < -0.4 is 5.32 Å². The van der Waals surface area contributed by atoms with Gasteiger partial charge in [0.25, 0.3) is 0 Å². The van der Waals surface area contributed by atoms with Crippen molar-refractivity contribution in [2.45, 2.75) is 13.0 Å². The molecular weight excluding hydrogens is 324 g/mol. The third-order valence-electron chi connectivity index (χ3n) is 4.36. The molecule has 0 saturated heterocycles. The Kier molecular flexibility index (Phi) is 4.26. The van der Waals surface area contributed by atoms with Crippen molar-refractivity contribution in [1.82, 2.24) is 24.8 Å². The van der Waals surface area contributed by atoms with E-state index in [1.165, 1.54) is 0 Å². The molecule has 0 bridgehead atoms. The van der Waals surface area contributed by atoms with Gasteiger partial charge in [-0.2, -0.15) is 0 Å². The maximum atomic E-state index is 4.71. The minimum atomic E-state index is 0.269. The first-order valence-corrected chi connectivity index (χ1v) is 8.71. The van der Waals surface area contributed by atoms with E-state index in [-0.39, 0.29) is 6.04 Å². The van der Waals surface area contributed by atoms with E-state index in [4.69, 9.17) is 4.98 Å². The number of fused-ring (bicyclic) bond motifs is 2. The van der Waals surface area contributed by atoms with Crippen LogP contribution in [0.5, 0.6) is 0 Å². The maximum Gasteiger partial charge on any atom is 0.223 e. The summed E-state index contributed by atoms with van der Waals surface area (Å²) in [6.45, 7) is 3.05. The van der Waals surface area contributed by atoms with Crippen LogP contribution in [0.4, 0.5) is 5.95 Å². The summed E-state index contributed by atoms with van der Waals surface area (Å²) in [5.41, 5.74) is 4.06. The fourth-order valence-electron chi connectivity index (χ4n) is 3.27. The van der Waals surface area contributed by atoms with Crippen LogP contribution in [0, 0.1) is 0 Å². The number of pyridine rings is 1. The van der Waals surface area contributed by atoms with Crippen molar-refractivity contribution in [3.63, 3.8) is 0 Å². The molecule has 3 heterocycles. The molecule has 0 radical (unpaired) electrons. The van der Waals surface area contributed by atoms with E-state index in [1.807, 2.05) is 18.5 Å². The zero-order valence-electron chi connectivity index (χ0n) is 15.2. The van der Waals surface area contributed by atoms with Crippen molar-refractivity contribution >= 4 is 27.9 Å². The standard InChI is InChI=1S/C20H22N6/c1-13(12-26(2)3)24-20-23-10-15-7-6-14(9-18(15)25-20)17-11-22-19-16(17)5-4-8-21-19/h4-11,13H,12H2,1-3H3,(H,21,22)(H,23,24,25). The fourth-order valence-corrected chi connectivity index (χ4v) is 3.27. The molecule has 0 amide bonds. The molecule has 0 aliphatic heterocycles. The van der Waals surface area contributed by atoms with E-state index in [9.17, 15) is 0 Å². The van der Waals surface area contributed by atoms with E-state index in [2.05, 4.69) is 70.5 Å². The minimum Gasteiger partial charge on any atom is -0.350 e. The Morgan fingerprint density at radius 3 is 2.92 bits per heavy atom. The highest BCUT2D eigenvalue weighted by atomic mass is 15.2. The van der Waals surface area contributed by atoms with Gasteiger partial charge in [-0.15, -0.1) is 0 Å². The van der Waals surface area contributed by atoms with Crippen molar-refractivity contribution in [3.8, 4) is 11.1 Å². The summed E-state index contributed by atoms with van der Waals surface area (Å²) in [4.78, 5) is 18.9. The van der Waals surface area contributed by atoms with Gasteiger partial charge in [0.2, 0.25) is 5.95 Å². The van der Waals surface area contributed by atoms with Gasteiger partial charge in [0.15, 0.2) is 0 Å². The summed E-state index contributed by atoms with van der Waals surface area (Å²) < 4.78 is 0. The highest BCUT2D eigenvalue weighted by Gasteiger charge is 2.10. The van der Waals surface area contributed by atoms with Gasteiger partial charge >= 0.3 is 0 Å². The number of hydrogen-bond acceptors (Lipinski definition) is 5. The van der Waals surface area contributed by atoms with Gasteiger partial charge in [-0.1, -0.05) is 12.1 Å². The number of aromatic nitrogens is 4. The molecule has 0 fully saturated rings. The quantitative estimate of drug-likeness (QED) is 0.578. The van der Waals surface area contributed by atoms with E-state index < -0.39 is 0 Å². The van der Waals surface area contributed by atoms with Gasteiger partial charge < -0.3 is 15.2 Å². The van der Waals surface area contributed by atoms with Crippen LogP contribution in [0.3, 0.4) is 0 Å². The van der Waals surface area contributed by atoms with Gasteiger partial charge in [0.05, 0.1) is 5.52 Å². The number of rotatable bonds is 5. The van der Waals surface area contributed by atoms with Gasteiger partial charge in [-0.25, -0.2) is 15.0 Å². The van der Waals surface area contributed by atoms with Crippen LogP contribution in [0.2, 0.25) is 0 Å². The molecule has 1 unspecified atom stereocenters. The lowest BCUT2D eigenvalue weighted by molar-refractivity contribution is 0.391. The summed E-state index contributed by atoms with van der Waals surface area (Å²) in [5, 5.41) is 5.50. The molecule has 1 aromatic carbocycles. The van der Waals surface area contributed by atoms with Crippen molar-refractivity contribution in [1.29, 1.82) is 0 Å². The summed E-state index contributed by atoms with van der Waals surface area (Å²) in [5.74, 6) is 0.657. The number of anilines is 1. The normalized spacial score (nSPS) is 12.8. The van der Waals surface area contributed by atoms with E-state index in [0.717, 1.165) is 39.6 Å². The topological polar surface area (TPSA) is 69.7 Å². The molecule has 2 N–H and O–H groups in total. The molecule has 6 heteroatoms. The molecule has 4 rings (SSSR count). The average Bonchev–Trinajstić information content (AvgIpc) is 3.04. The van der Waals surface area contributed by atoms with Crippen molar-refractivity contribution in [3.05, 3.63) is 48.9 Å². The van der Waals surface area contributed by atoms with Crippen LogP contribution >= 0.6 is 0 Å². The van der Waals surface area contributed by atoms with Crippen LogP contribution in [0.15, 0.2) is 48.9 Å². The summed E-state index contributed by atoms with van der Waals surface area (Å²) in [6.07, 6.45) is 5.66. The Morgan fingerprint density at radius 2 is 2.08 bits per heavy atom. The highest BCUT2D eigenvalue weighted by molar-refractivity contribution is 5.96. The molecule has 6 nitrogen and oxygen atoms in total. The third kappa shape index (κ3) is 3.23. The summed E-state index contributed by atoms with van der Waals surface area (Å²) >= 11 is 0. The molecule has 26 heavy (non-hydrogen) atoms. The highest BCUT2D eigenvalue weighted by Crippen LogP contribution is 2.29. The monoisotopic (exact) mass is 346 g/mol. The SMILES string of the molecule is CC(CN(C)C)Nc1ncc2ccc(-c3c[nH]c4ncccc34)cc2n1. The Bertz CT molecular complexity index is 1050. The second kappa shape index (κ2) is 6.72. The lowest BCUT2D eigenvalue weighted by atomic mass is 10.0. The molecule has 0 aliphatic rings. The van der Waals surface area contributed by atoms with Crippen LogP contribution in [0.25, 0.3) is 33.1 Å². The second-order valence-corrected chi connectivity index (χ2v) is 6.88. The molecular formula is C20H22N6. The maximum absolute atomic E-state index is 4.71. The Balaban J connectivity index is 1.69. The van der Waals surface area contributed by atoms with E-state index in [0.29, 0.717) is 5.95 Å². The first-order chi connectivity index (χ1) is 12.6. The lowest BCUT2D eigenvalue weighted by Crippen LogP contribution is -2.30. The van der Waals surface area contributed by atoms with Crippen molar-refractivity contribution < 1.29 is 0 Å². The molecule has 0 saturated carbocycles. The smallest absolute Gasteiger partial charge is 0.223 e. The largest absolute Gasteiger partial charge is 0.350 e. The predicted octanol–water partition coefficient (Wildman–Crippen LogP) is 3.54. The third-order valence-corrected chi connectivity index (χ3v) is 4.36. The van der Waals surface area contributed by atoms with Crippen LogP contribution in [0.1, 0.15) is 6.92 Å². The van der Waals surface area contributed by atoms with Crippen LogP contribution in [-0.4, -0.2) is 51.5 Å². The first-order valence-electron chi connectivity index (χ1n) is 8.71. The molecule has 4 aromatic rings. The van der Waals surface area contributed by atoms with Gasteiger partial charge in [0.1, 0.15) is 5.65 Å².